The van der Waals surface area contributed by atoms with Crippen molar-refractivity contribution in [2.45, 2.75) is 32.6 Å². The zero-order valence-electron chi connectivity index (χ0n) is 13.8. The van der Waals surface area contributed by atoms with Gasteiger partial charge in [-0.1, -0.05) is 13.0 Å². The third kappa shape index (κ3) is 3.70. The number of hydrogen-bond donors (Lipinski definition) is 0. The lowest BCUT2D eigenvalue weighted by Crippen LogP contribution is -2.42. The van der Waals surface area contributed by atoms with Gasteiger partial charge in [-0.2, -0.15) is 0 Å². The fourth-order valence-electron chi connectivity index (χ4n) is 2.99. The van der Waals surface area contributed by atoms with Crippen LogP contribution in [0.5, 0.6) is 0 Å². The smallest absolute Gasteiger partial charge is 0.273 e. The van der Waals surface area contributed by atoms with Crippen LogP contribution in [0.3, 0.4) is 0 Å². The molecule has 5 nitrogen and oxygen atoms in total. The van der Waals surface area contributed by atoms with E-state index in [9.17, 15) is 9.59 Å². The second-order valence-electron chi connectivity index (χ2n) is 6.05. The molecule has 6 heteroatoms. The van der Waals surface area contributed by atoms with E-state index in [-0.39, 0.29) is 17.6 Å². The first-order chi connectivity index (χ1) is 11.7. The van der Waals surface area contributed by atoms with Gasteiger partial charge < -0.3 is 4.90 Å². The van der Waals surface area contributed by atoms with Crippen LogP contribution >= 0.6 is 11.3 Å². The number of ketones is 1. The highest BCUT2D eigenvalue weighted by Gasteiger charge is 2.30. The molecule has 0 aromatic carbocycles. The Morgan fingerprint density at radius 2 is 2.21 bits per heavy atom. The maximum absolute atomic E-state index is 12.7. The SMILES string of the molecule is CCCc1nc(C(=O)N2CCC[C@H](C(=O)c3ccccn3)C2)cs1. The van der Waals surface area contributed by atoms with Gasteiger partial charge >= 0.3 is 0 Å². The Bertz CT molecular complexity index is 714. The molecule has 1 saturated heterocycles. The van der Waals surface area contributed by atoms with Gasteiger partial charge in [-0.3, -0.25) is 14.6 Å². The van der Waals surface area contributed by atoms with Crippen molar-refractivity contribution in [2.75, 3.05) is 13.1 Å². The minimum absolute atomic E-state index is 0.0260. The molecule has 1 amide bonds. The summed E-state index contributed by atoms with van der Waals surface area (Å²) in [5, 5.41) is 2.83. The number of carbonyl (C=O) groups excluding carboxylic acids is 2. The maximum Gasteiger partial charge on any atom is 0.273 e. The summed E-state index contributed by atoms with van der Waals surface area (Å²) in [6.45, 7) is 3.24. The van der Waals surface area contributed by atoms with Crippen molar-refractivity contribution in [3.63, 3.8) is 0 Å². The molecule has 3 rings (SSSR count). The van der Waals surface area contributed by atoms with E-state index in [0.29, 0.717) is 24.5 Å². The zero-order valence-corrected chi connectivity index (χ0v) is 14.6. The van der Waals surface area contributed by atoms with Crippen LogP contribution in [0, 0.1) is 5.92 Å². The second kappa shape index (κ2) is 7.66. The molecule has 126 valence electrons. The number of rotatable bonds is 5. The summed E-state index contributed by atoms with van der Waals surface area (Å²) < 4.78 is 0. The maximum atomic E-state index is 12.7. The molecule has 0 bridgehead atoms. The molecule has 0 radical (unpaired) electrons. The molecule has 0 aliphatic carbocycles. The average molecular weight is 343 g/mol. The Labute approximate surface area is 145 Å². The molecule has 0 spiro atoms. The lowest BCUT2D eigenvalue weighted by molar-refractivity contribution is 0.0631. The van der Waals surface area contributed by atoms with Gasteiger partial charge in [0.25, 0.3) is 5.91 Å². The highest BCUT2D eigenvalue weighted by molar-refractivity contribution is 7.09. The Morgan fingerprint density at radius 3 is 2.96 bits per heavy atom. The van der Waals surface area contributed by atoms with Crippen molar-refractivity contribution < 1.29 is 9.59 Å². The second-order valence-corrected chi connectivity index (χ2v) is 6.99. The highest BCUT2D eigenvalue weighted by Crippen LogP contribution is 2.22. The molecule has 0 saturated carbocycles. The van der Waals surface area contributed by atoms with Gasteiger partial charge in [0.1, 0.15) is 11.4 Å². The zero-order chi connectivity index (χ0) is 16.9. The van der Waals surface area contributed by atoms with Crippen molar-refractivity contribution in [2.24, 2.45) is 5.92 Å². The van der Waals surface area contributed by atoms with Crippen LogP contribution in [-0.2, 0) is 6.42 Å². The molecule has 2 aromatic rings. The number of carbonyl (C=O) groups is 2. The number of nitrogens with zero attached hydrogens (tertiary/aromatic N) is 3. The number of aromatic nitrogens is 2. The lowest BCUT2D eigenvalue weighted by Gasteiger charge is -2.31. The van der Waals surface area contributed by atoms with Crippen molar-refractivity contribution >= 4 is 23.0 Å². The number of Topliss-reactive ketones (excluding diaryl/α,β-unsaturated/α-hetero) is 1. The quantitative estimate of drug-likeness (QED) is 0.782. The minimum Gasteiger partial charge on any atom is -0.337 e. The highest BCUT2D eigenvalue weighted by atomic mass is 32.1. The number of pyridine rings is 1. The van der Waals surface area contributed by atoms with Crippen LogP contribution in [0.15, 0.2) is 29.8 Å². The van der Waals surface area contributed by atoms with Gasteiger partial charge in [-0.25, -0.2) is 4.98 Å². The molecule has 3 heterocycles. The number of hydrogen-bond acceptors (Lipinski definition) is 5. The van der Waals surface area contributed by atoms with Crippen molar-refractivity contribution in [3.8, 4) is 0 Å². The van der Waals surface area contributed by atoms with Gasteiger partial charge in [-0.05, 0) is 37.8 Å². The van der Waals surface area contributed by atoms with Crippen LogP contribution in [0.2, 0.25) is 0 Å². The van der Waals surface area contributed by atoms with E-state index < -0.39 is 0 Å². The number of amides is 1. The van der Waals surface area contributed by atoms with Crippen molar-refractivity contribution in [1.82, 2.24) is 14.9 Å². The van der Waals surface area contributed by atoms with Gasteiger partial charge in [0.05, 0.1) is 5.01 Å². The number of piperidine rings is 1. The summed E-state index contributed by atoms with van der Waals surface area (Å²) >= 11 is 1.53. The Kier molecular flexibility index (Phi) is 5.35. The summed E-state index contributed by atoms with van der Waals surface area (Å²) in [5.41, 5.74) is 0.991. The molecule has 1 fully saturated rings. The standard InChI is InChI=1S/C18H21N3O2S/c1-2-6-16-20-15(12-24-16)18(23)21-10-5-7-13(11-21)17(22)14-8-3-4-9-19-14/h3-4,8-9,12-13H,2,5-7,10-11H2,1H3/t13-/m0/s1. The van der Waals surface area contributed by atoms with E-state index in [1.807, 2.05) is 11.4 Å². The summed E-state index contributed by atoms with van der Waals surface area (Å²) in [4.78, 5) is 35.6. The molecule has 0 N–H and O–H groups in total. The normalized spacial score (nSPS) is 17.7. The molecule has 2 aromatic heterocycles. The van der Waals surface area contributed by atoms with E-state index in [4.69, 9.17) is 0 Å². The fourth-order valence-corrected chi connectivity index (χ4v) is 3.87. The van der Waals surface area contributed by atoms with Gasteiger partial charge in [0.2, 0.25) is 0 Å². The van der Waals surface area contributed by atoms with Crippen LogP contribution in [0.1, 0.15) is 52.2 Å². The van der Waals surface area contributed by atoms with Crippen molar-refractivity contribution in [1.29, 1.82) is 0 Å². The third-order valence-corrected chi connectivity index (χ3v) is 5.14. The molecule has 24 heavy (non-hydrogen) atoms. The Morgan fingerprint density at radius 1 is 1.33 bits per heavy atom. The fraction of sp³-hybridized carbons (Fsp3) is 0.444. The van der Waals surface area contributed by atoms with E-state index >= 15 is 0 Å². The van der Waals surface area contributed by atoms with Crippen LogP contribution in [0.25, 0.3) is 0 Å². The first-order valence-electron chi connectivity index (χ1n) is 8.38. The molecular weight excluding hydrogens is 322 g/mol. The van der Waals surface area contributed by atoms with Crippen molar-refractivity contribution in [3.05, 3.63) is 46.2 Å². The van der Waals surface area contributed by atoms with Gasteiger partial charge in [0, 0.05) is 30.6 Å². The summed E-state index contributed by atoms with van der Waals surface area (Å²) in [6, 6.07) is 5.35. The predicted octanol–water partition coefficient (Wildman–Crippen LogP) is 3.23. The third-order valence-electron chi connectivity index (χ3n) is 4.23. The monoisotopic (exact) mass is 343 g/mol. The molecule has 0 unspecified atom stereocenters. The predicted molar refractivity (Wildman–Crippen MR) is 93.3 cm³/mol. The van der Waals surface area contributed by atoms with Crippen LogP contribution in [-0.4, -0.2) is 39.6 Å². The lowest BCUT2D eigenvalue weighted by atomic mass is 9.92. The first-order valence-corrected chi connectivity index (χ1v) is 9.26. The first kappa shape index (κ1) is 16.8. The van der Waals surface area contributed by atoms with Crippen LogP contribution < -0.4 is 0 Å². The summed E-state index contributed by atoms with van der Waals surface area (Å²) in [5.74, 6) is -0.212. The summed E-state index contributed by atoms with van der Waals surface area (Å²) in [7, 11) is 0. The largest absolute Gasteiger partial charge is 0.337 e. The van der Waals surface area contributed by atoms with Gasteiger partial charge in [-0.15, -0.1) is 11.3 Å². The van der Waals surface area contributed by atoms with Gasteiger partial charge in [0.15, 0.2) is 5.78 Å². The molecule has 1 atom stereocenters. The molecular formula is C18H21N3O2S. The summed E-state index contributed by atoms with van der Waals surface area (Å²) in [6.07, 6.45) is 5.19. The van der Waals surface area contributed by atoms with Crippen LogP contribution in [0.4, 0.5) is 0 Å². The Balaban J connectivity index is 1.68. The minimum atomic E-state index is -0.175. The Hall–Kier alpha value is -2.08. The van der Waals surface area contributed by atoms with E-state index in [0.717, 1.165) is 30.7 Å². The van der Waals surface area contributed by atoms with E-state index in [1.54, 1.807) is 23.2 Å². The molecule has 1 aliphatic heterocycles. The number of thiazole rings is 1. The van der Waals surface area contributed by atoms with E-state index in [2.05, 4.69) is 16.9 Å². The molecule has 1 aliphatic rings. The van der Waals surface area contributed by atoms with E-state index in [1.165, 1.54) is 11.3 Å². The average Bonchev–Trinajstić information content (AvgIpc) is 3.10. The number of aryl methyl sites for hydroxylation is 1. The number of likely N-dealkylation sites (tertiary alicyclic amines) is 1. The topological polar surface area (TPSA) is 63.2 Å².